The third kappa shape index (κ3) is 7.56. The molecule has 0 spiro atoms. The number of benzene rings is 3. The van der Waals surface area contributed by atoms with Gasteiger partial charge in [-0.1, -0.05) is 65.9 Å². The number of anilines is 1. The van der Waals surface area contributed by atoms with Gasteiger partial charge in [-0.25, -0.2) is 8.42 Å². The van der Waals surface area contributed by atoms with Gasteiger partial charge < -0.3 is 15.0 Å². The van der Waals surface area contributed by atoms with Crippen molar-refractivity contribution in [2.45, 2.75) is 63.1 Å². The third-order valence-corrected chi connectivity index (χ3v) is 9.83. The molecule has 0 saturated heterocycles. The molecule has 11 heteroatoms. The number of carbonyl (C=O) groups is 2. The van der Waals surface area contributed by atoms with Crippen LogP contribution in [0.25, 0.3) is 0 Å². The highest BCUT2D eigenvalue weighted by Gasteiger charge is 2.33. The lowest BCUT2D eigenvalue weighted by Gasteiger charge is -2.32. The summed E-state index contributed by atoms with van der Waals surface area (Å²) in [4.78, 5) is 28.9. The Morgan fingerprint density at radius 2 is 1.71 bits per heavy atom. The van der Waals surface area contributed by atoms with E-state index >= 15 is 0 Å². The zero-order valence-electron chi connectivity index (χ0n) is 23.8. The van der Waals surface area contributed by atoms with Crippen molar-refractivity contribution in [3.63, 3.8) is 0 Å². The Kier molecular flexibility index (Phi) is 10.4. The first kappa shape index (κ1) is 31.7. The molecule has 3 aromatic carbocycles. The summed E-state index contributed by atoms with van der Waals surface area (Å²) in [5.74, 6) is -0.457. The van der Waals surface area contributed by atoms with E-state index in [1.165, 1.54) is 24.1 Å². The molecular weight excluding hydrogens is 597 g/mol. The van der Waals surface area contributed by atoms with Gasteiger partial charge in [0.05, 0.1) is 17.7 Å². The standard InChI is InChI=1S/C31H35Cl2N3O5S/c1-21-11-15-28(16-12-21)42(39,40)36(26-9-6-10-27(18-26)41-3)20-30(37)35(19-23-13-14-24(32)17-29(23)33)22(2)31(38)34-25-7-4-5-8-25/h6,9-18,22,25H,4-5,7-8,19-20H2,1-3H3,(H,34,38)/t22-/m0/s1. The van der Waals surface area contributed by atoms with Gasteiger partial charge in [0.15, 0.2) is 0 Å². The van der Waals surface area contributed by atoms with Crippen LogP contribution in [0.3, 0.4) is 0 Å². The Bertz CT molecular complexity index is 1530. The maximum Gasteiger partial charge on any atom is 0.264 e. The second-order valence-electron chi connectivity index (χ2n) is 10.4. The van der Waals surface area contributed by atoms with Crippen LogP contribution in [0.5, 0.6) is 5.75 Å². The Morgan fingerprint density at radius 3 is 2.36 bits per heavy atom. The van der Waals surface area contributed by atoms with E-state index in [0.717, 1.165) is 35.6 Å². The van der Waals surface area contributed by atoms with Crippen LogP contribution in [-0.4, -0.2) is 50.9 Å². The van der Waals surface area contributed by atoms with E-state index in [2.05, 4.69) is 5.32 Å². The summed E-state index contributed by atoms with van der Waals surface area (Å²) in [5, 5.41) is 3.82. The zero-order chi connectivity index (χ0) is 30.4. The van der Waals surface area contributed by atoms with Crippen molar-refractivity contribution >= 4 is 50.7 Å². The van der Waals surface area contributed by atoms with Crippen molar-refractivity contribution in [2.24, 2.45) is 0 Å². The first-order valence-electron chi connectivity index (χ1n) is 13.8. The molecule has 42 heavy (non-hydrogen) atoms. The maximum atomic E-state index is 14.1. The van der Waals surface area contributed by atoms with E-state index in [1.54, 1.807) is 61.5 Å². The smallest absolute Gasteiger partial charge is 0.264 e. The number of carbonyl (C=O) groups excluding carboxylic acids is 2. The summed E-state index contributed by atoms with van der Waals surface area (Å²) >= 11 is 12.5. The average molecular weight is 633 g/mol. The number of rotatable bonds is 11. The molecule has 0 unspecified atom stereocenters. The highest BCUT2D eigenvalue weighted by Crippen LogP contribution is 2.29. The molecule has 0 aliphatic heterocycles. The van der Waals surface area contributed by atoms with Crippen molar-refractivity contribution in [1.29, 1.82) is 0 Å². The molecule has 1 N–H and O–H groups in total. The number of sulfonamides is 1. The molecule has 0 bridgehead atoms. The van der Waals surface area contributed by atoms with Crippen LogP contribution in [-0.2, 0) is 26.2 Å². The summed E-state index contributed by atoms with van der Waals surface area (Å²) in [6, 6.07) is 16.9. The monoisotopic (exact) mass is 631 g/mol. The molecule has 3 aromatic rings. The number of ether oxygens (including phenoxy) is 1. The molecule has 1 fully saturated rings. The molecular formula is C31H35Cl2N3O5S. The summed E-state index contributed by atoms with van der Waals surface area (Å²) < 4.78 is 34.3. The van der Waals surface area contributed by atoms with E-state index in [9.17, 15) is 18.0 Å². The van der Waals surface area contributed by atoms with Crippen molar-refractivity contribution < 1.29 is 22.7 Å². The van der Waals surface area contributed by atoms with E-state index in [-0.39, 0.29) is 29.1 Å². The fourth-order valence-corrected chi connectivity index (χ4v) is 6.81. The van der Waals surface area contributed by atoms with Gasteiger partial charge in [-0.05, 0) is 68.7 Å². The number of aryl methyl sites for hydroxylation is 1. The average Bonchev–Trinajstić information content (AvgIpc) is 3.48. The van der Waals surface area contributed by atoms with Gasteiger partial charge in [-0.15, -0.1) is 0 Å². The van der Waals surface area contributed by atoms with E-state index in [1.807, 2.05) is 6.92 Å². The lowest BCUT2D eigenvalue weighted by molar-refractivity contribution is -0.139. The van der Waals surface area contributed by atoms with Gasteiger partial charge in [0.1, 0.15) is 18.3 Å². The lowest BCUT2D eigenvalue weighted by Crippen LogP contribution is -2.52. The number of hydrogen-bond acceptors (Lipinski definition) is 5. The molecule has 2 amide bonds. The normalized spacial score (nSPS) is 14.3. The minimum atomic E-state index is -4.19. The number of nitrogens with one attached hydrogen (secondary N) is 1. The molecule has 1 atom stereocenters. The van der Waals surface area contributed by atoms with Gasteiger partial charge in [-0.2, -0.15) is 0 Å². The molecule has 0 aromatic heterocycles. The van der Waals surface area contributed by atoms with Crippen LogP contribution >= 0.6 is 23.2 Å². The highest BCUT2D eigenvalue weighted by atomic mass is 35.5. The fraction of sp³-hybridized carbons (Fsp3) is 0.355. The minimum Gasteiger partial charge on any atom is -0.497 e. The Labute approximate surface area is 257 Å². The summed E-state index contributed by atoms with van der Waals surface area (Å²) in [6.07, 6.45) is 3.84. The van der Waals surface area contributed by atoms with Crippen molar-refractivity contribution in [3.8, 4) is 5.75 Å². The SMILES string of the molecule is COc1cccc(N(CC(=O)N(Cc2ccc(Cl)cc2Cl)[C@@H](C)C(=O)NC2CCCC2)S(=O)(=O)c2ccc(C)cc2)c1. The Morgan fingerprint density at radius 1 is 1.02 bits per heavy atom. The summed E-state index contributed by atoms with van der Waals surface area (Å²) in [7, 11) is -2.71. The molecule has 1 aliphatic carbocycles. The number of halogens is 2. The van der Waals surface area contributed by atoms with Crippen LogP contribution in [0.4, 0.5) is 5.69 Å². The molecule has 1 aliphatic rings. The van der Waals surface area contributed by atoms with Crippen LogP contribution in [0, 0.1) is 6.92 Å². The van der Waals surface area contributed by atoms with Gasteiger partial charge in [-0.3, -0.25) is 13.9 Å². The number of amides is 2. The molecule has 4 rings (SSSR count). The van der Waals surface area contributed by atoms with Crippen LogP contribution in [0.2, 0.25) is 10.0 Å². The van der Waals surface area contributed by atoms with Gasteiger partial charge in [0.25, 0.3) is 10.0 Å². The van der Waals surface area contributed by atoms with Crippen LogP contribution in [0.15, 0.2) is 71.6 Å². The third-order valence-electron chi connectivity index (χ3n) is 7.45. The van der Waals surface area contributed by atoms with Gasteiger partial charge >= 0.3 is 0 Å². The minimum absolute atomic E-state index is 0.0232. The molecule has 0 heterocycles. The number of methoxy groups -OCH3 is 1. The molecule has 8 nitrogen and oxygen atoms in total. The predicted molar refractivity (Wildman–Crippen MR) is 166 cm³/mol. The van der Waals surface area contributed by atoms with Gasteiger partial charge in [0.2, 0.25) is 11.8 Å². The molecule has 1 saturated carbocycles. The van der Waals surface area contributed by atoms with Gasteiger partial charge in [0, 0.05) is 28.7 Å². The first-order chi connectivity index (χ1) is 20.0. The highest BCUT2D eigenvalue weighted by molar-refractivity contribution is 7.92. The largest absolute Gasteiger partial charge is 0.497 e. The summed E-state index contributed by atoms with van der Waals surface area (Å²) in [5.41, 5.74) is 1.71. The topological polar surface area (TPSA) is 96.0 Å². The molecule has 224 valence electrons. The lowest BCUT2D eigenvalue weighted by atomic mass is 10.1. The first-order valence-corrected chi connectivity index (χ1v) is 16.0. The van der Waals surface area contributed by atoms with E-state index in [0.29, 0.717) is 21.4 Å². The molecule has 0 radical (unpaired) electrons. The number of nitrogens with zero attached hydrogens (tertiary/aromatic N) is 2. The Balaban J connectivity index is 1.72. The quantitative estimate of drug-likeness (QED) is 0.281. The fourth-order valence-electron chi connectivity index (χ4n) is 4.94. The maximum absolute atomic E-state index is 14.1. The second kappa shape index (κ2) is 13.8. The predicted octanol–water partition coefficient (Wildman–Crippen LogP) is 5.98. The van der Waals surface area contributed by atoms with E-state index in [4.69, 9.17) is 27.9 Å². The van der Waals surface area contributed by atoms with Crippen LogP contribution < -0.4 is 14.4 Å². The zero-order valence-corrected chi connectivity index (χ0v) is 26.2. The Hall–Kier alpha value is -3.27. The van der Waals surface area contributed by atoms with Crippen molar-refractivity contribution in [3.05, 3.63) is 87.9 Å². The van der Waals surface area contributed by atoms with Crippen molar-refractivity contribution in [1.82, 2.24) is 10.2 Å². The van der Waals surface area contributed by atoms with Crippen molar-refractivity contribution in [2.75, 3.05) is 18.0 Å². The summed E-state index contributed by atoms with van der Waals surface area (Å²) in [6.45, 7) is 2.91. The second-order valence-corrected chi connectivity index (χ2v) is 13.2. The van der Waals surface area contributed by atoms with E-state index < -0.39 is 28.5 Å². The number of hydrogen-bond donors (Lipinski definition) is 1. The van der Waals surface area contributed by atoms with Crippen LogP contribution in [0.1, 0.15) is 43.7 Å².